The average Bonchev–Trinajstić information content (AvgIpc) is 3.23. The van der Waals surface area contributed by atoms with Gasteiger partial charge in [-0.1, -0.05) is 24.2 Å². The lowest BCUT2D eigenvalue weighted by Gasteiger charge is -2.39. The average molecular weight is 447 g/mol. The molecule has 0 aliphatic heterocycles. The zero-order chi connectivity index (χ0) is 22.7. The number of pyridine rings is 1. The molecule has 7 heteroatoms. The third-order valence-electron chi connectivity index (χ3n) is 5.96. The van der Waals surface area contributed by atoms with Crippen LogP contribution in [0.5, 0.6) is 0 Å². The monoisotopic (exact) mass is 446 g/mol. The molecule has 1 aromatic carbocycles. The first kappa shape index (κ1) is 21.9. The fourth-order valence-electron chi connectivity index (χ4n) is 4.40. The van der Waals surface area contributed by atoms with Gasteiger partial charge in [0, 0.05) is 42.8 Å². The van der Waals surface area contributed by atoms with Gasteiger partial charge in [0.2, 0.25) is 0 Å². The van der Waals surface area contributed by atoms with Crippen molar-refractivity contribution in [2.45, 2.75) is 44.7 Å². The molecular weight excluding hydrogens is 420 g/mol. The van der Waals surface area contributed by atoms with E-state index in [2.05, 4.69) is 45.1 Å². The lowest BCUT2D eigenvalue weighted by molar-refractivity contribution is 0.401. The van der Waals surface area contributed by atoms with Crippen LogP contribution in [-0.4, -0.2) is 26.8 Å². The highest BCUT2D eigenvalue weighted by atomic mass is 35.5. The van der Waals surface area contributed by atoms with E-state index in [9.17, 15) is 0 Å². The maximum absolute atomic E-state index is 8.93. The minimum Gasteiger partial charge on any atom is -0.367 e. The van der Waals surface area contributed by atoms with Crippen LogP contribution in [-0.2, 0) is 7.05 Å². The number of anilines is 2. The van der Waals surface area contributed by atoms with Crippen molar-refractivity contribution in [3.05, 3.63) is 71.8 Å². The molecule has 1 saturated carbocycles. The quantitative estimate of drug-likeness (QED) is 0.520. The molecule has 32 heavy (non-hydrogen) atoms. The number of halogens is 1. The van der Waals surface area contributed by atoms with E-state index in [1.165, 1.54) is 0 Å². The van der Waals surface area contributed by atoms with Crippen LogP contribution >= 0.6 is 11.6 Å². The number of hydrogen-bond acceptors (Lipinski definition) is 5. The van der Waals surface area contributed by atoms with Gasteiger partial charge in [0.05, 0.1) is 22.5 Å². The molecule has 3 aromatic rings. The number of aryl methyl sites for hydroxylation is 1. The second-order valence-corrected chi connectivity index (χ2v) is 8.78. The van der Waals surface area contributed by atoms with Crippen molar-refractivity contribution in [1.29, 1.82) is 5.26 Å². The highest BCUT2D eigenvalue weighted by Gasteiger charge is 2.28. The van der Waals surface area contributed by atoms with Crippen molar-refractivity contribution in [3.63, 3.8) is 0 Å². The highest BCUT2D eigenvalue weighted by Crippen LogP contribution is 2.37. The topological polar surface area (TPSA) is 69.8 Å². The summed E-state index contributed by atoms with van der Waals surface area (Å²) in [6.07, 6.45) is 9.55. The van der Waals surface area contributed by atoms with Crippen molar-refractivity contribution in [3.8, 4) is 17.2 Å². The zero-order valence-corrected chi connectivity index (χ0v) is 19.2. The molecule has 0 unspecified atom stereocenters. The highest BCUT2D eigenvalue weighted by molar-refractivity contribution is 6.33. The Bertz CT molecular complexity index is 1140. The normalized spacial score (nSPS) is 18.1. The number of hydrogen-bond donors (Lipinski definition) is 1. The van der Waals surface area contributed by atoms with E-state index in [0.717, 1.165) is 59.0 Å². The van der Waals surface area contributed by atoms with E-state index >= 15 is 0 Å². The predicted octanol–water partition coefficient (Wildman–Crippen LogP) is 5.77. The molecule has 0 bridgehead atoms. The van der Waals surface area contributed by atoms with Crippen molar-refractivity contribution < 1.29 is 0 Å². The molecule has 6 nitrogen and oxygen atoms in total. The van der Waals surface area contributed by atoms with Gasteiger partial charge in [0.25, 0.3) is 0 Å². The summed E-state index contributed by atoms with van der Waals surface area (Å²) in [6.45, 7) is 6.28. The lowest BCUT2D eigenvalue weighted by Crippen LogP contribution is -2.39. The van der Waals surface area contributed by atoms with Crippen LogP contribution in [0.25, 0.3) is 11.1 Å². The number of nitrogens with one attached hydrogen (secondary N) is 1. The Balaban J connectivity index is 1.44. The van der Waals surface area contributed by atoms with Gasteiger partial charge in [-0.3, -0.25) is 4.68 Å². The van der Waals surface area contributed by atoms with Gasteiger partial charge in [0.1, 0.15) is 11.9 Å². The van der Waals surface area contributed by atoms with Gasteiger partial charge in [-0.05, 0) is 62.4 Å². The van der Waals surface area contributed by atoms with E-state index in [1.54, 1.807) is 16.9 Å². The van der Waals surface area contributed by atoms with E-state index in [-0.39, 0.29) is 0 Å². The van der Waals surface area contributed by atoms with Gasteiger partial charge in [-0.15, -0.1) is 0 Å². The summed E-state index contributed by atoms with van der Waals surface area (Å²) in [5.41, 5.74) is 4.66. The SMILES string of the molecule is C=C(C)N(c1ccc(-c2cnn(C)c2)cc1Cl)C1CCC(Nc2ccc(C#N)cn2)CC1. The van der Waals surface area contributed by atoms with E-state index < -0.39 is 0 Å². The van der Waals surface area contributed by atoms with Crippen LogP contribution in [0, 0.1) is 11.3 Å². The summed E-state index contributed by atoms with van der Waals surface area (Å²) in [6, 6.07) is 12.7. The summed E-state index contributed by atoms with van der Waals surface area (Å²) < 4.78 is 1.79. The molecule has 0 atom stereocenters. The van der Waals surface area contributed by atoms with Crippen LogP contribution < -0.4 is 10.2 Å². The maximum atomic E-state index is 8.93. The van der Waals surface area contributed by atoms with E-state index in [4.69, 9.17) is 16.9 Å². The van der Waals surface area contributed by atoms with Crippen molar-refractivity contribution >= 4 is 23.1 Å². The molecule has 1 aliphatic rings. The molecule has 2 heterocycles. The van der Waals surface area contributed by atoms with Crippen LogP contribution in [0.3, 0.4) is 0 Å². The summed E-state index contributed by atoms with van der Waals surface area (Å²) in [5, 5.41) is 17.4. The van der Waals surface area contributed by atoms with Crippen molar-refractivity contribution in [2.75, 3.05) is 10.2 Å². The van der Waals surface area contributed by atoms with Gasteiger partial charge in [0.15, 0.2) is 0 Å². The molecule has 1 aliphatic carbocycles. The first-order valence-corrected chi connectivity index (χ1v) is 11.2. The molecule has 1 fully saturated rings. The van der Waals surface area contributed by atoms with Crippen LogP contribution in [0.4, 0.5) is 11.5 Å². The maximum Gasteiger partial charge on any atom is 0.126 e. The van der Waals surface area contributed by atoms with Crippen LogP contribution in [0.2, 0.25) is 5.02 Å². The van der Waals surface area contributed by atoms with E-state index in [1.807, 2.05) is 38.5 Å². The Kier molecular flexibility index (Phi) is 6.48. The molecule has 164 valence electrons. The molecule has 0 amide bonds. The molecule has 4 rings (SSSR count). The Morgan fingerprint density at radius 2 is 1.97 bits per heavy atom. The fourth-order valence-corrected chi connectivity index (χ4v) is 4.67. The minimum absolute atomic E-state index is 0.348. The van der Waals surface area contributed by atoms with Crippen molar-refractivity contribution in [2.24, 2.45) is 7.05 Å². The molecule has 0 radical (unpaired) electrons. The largest absolute Gasteiger partial charge is 0.367 e. The summed E-state index contributed by atoms with van der Waals surface area (Å²) in [7, 11) is 1.91. The van der Waals surface area contributed by atoms with Gasteiger partial charge >= 0.3 is 0 Å². The molecule has 2 aromatic heterocycles. The second kappa shape index (κ2) is 9.46. The van der Waals surface area contributed by atoms with Gasteiger partial charge in [-0.2, -0.15) is 10.4 Å². The van der Waals surface area contributed by atoms with Gasteiger partial charge in [-0.25, -0.2) is 4.98 Å². The minimum atomic E-state index is 0.348. The first-order valence-electron chi connectivity index (χ1n) is 10.8. The number of benzene rings is 1. The summed E-state index contributed by atoms with van der Waals surface area (Å²) in [5.74, 6) is 0.818. The number of allylic oxidation sites excluding steroid dienone is 1. The third kappa shape index (κ3) is 4.79. The summed E-state index contributed by atoms with van der Waals surface area (Å²) in [4.78, 5) is 6.62. The first-order chi connectivity index (χ1) is 15.4. The van der Waals surface area contributed by atoms with Crippen molar-refractivity contribution in [1.82, 2.24) is 14.8 Å². The second-order valence-electron chi connectivity index (χ2n) is 8.37. The van der Waals surface area contributed by atoms with Crippen LogP contribution in [0.15, 0.2) is 61.2 Å². The Morgan fingerprint density at radius 3 is 2.53 bits per heavy atom. The fraction of sp³-hybridized carbons (Fsp3) is 0.320. The summed E-state index contributed by atoms with van der Waals surface area (Å²) >= 11 is 6.75. The number of nitrogens with zero attached hydrogens (tertiary/aromatic N) is 5. The van der Waals surface area contributed by atoms with E-state index in [0.29, 0.717) is 17.6 Å². The Morgan fingerprint density at radius 1 is 1.19 bits per heavy atom. The molecule has 0 spiro atoms. The Labute approximate surface area is 194 Å². The standard InChI is InChI=1S/C25H27ClN6/c1-17(2)32(24-10-5-19(12-23(24)26)20-15-29-31(3)16-20)22-8-6-21(7-9-22)30-25-11-4-18(13-27)14-28-25/h4-5,10-12,14-16,21-22H,1,6-9H2,2-3H3,(H,28,30). The zero-order valence-electron chi connectivity index (χ0n) is 18.4. The molecule has 1 N–H and O–H groups in total. The number of rotatable bonds is 6. The lowest BCUT2D eigenvalue weighted by atomic mass is 9.89. The third-order valence-corrected chi connectivity index (χ3v) is 6.27. The predicted molar refractivity (Wildman–Crippen MR) is 130 cm³/mol. The molecule has 0 saturated heterocycles. The van der Waals surface area contributed by atoms with Gasteiger partial charge < -0.3 is 10.2 Å². The van der Waals surface area contributed by atoms with Crippen LogP contribution in [0.1, 0.15) is 38.2 Å². The smallest absolute Gasteiger partial charge is 0.126 e. The number of nitriles is 1. The Hall–Kier alpha value is -3.30. The number of aromatic nitrogens is 3. The molecular formula is C25H27ClN6.